The molecule has 1 aromatic carbocycles. The molecular formula is C15H23BrN2O2. The zero-order valence-corrected chi connectivity index (χ0v) is 14.0. The van der Waals surface area contributed by atoms with Crippen molar-refractivity contribution in [3.63, 3.8) is 0 Å². The molecule has 0 amide bonds. The van der Waals surface area contributed by atoms with Gasteiger partial charge in [-0.15, -0.1) is 0 Å². The molecular weight excluding hydrogens is 320 g/mol. The van der Waals surface area contributed by atoms with Crippen molar-refractivity contribution in [1.29, 1.82) is 0 Å². The number of nitrogens with zero attached hydrogens (tertiary/aromatic N) is 1. The largest absolute Gasteiger partial charge is 0.496 e. The topological polar surface area (TPSA) is 33.7 Å². The van der Waals surface area contributed by atoms with E-state index in [4.69, 9.17) is 9.47 Å². The molecule has 112 valence electrons. The lowest BCUT2D eigenvalue weighted by molar-refractivity contribution is 0.193. The molecule has 20 heavy (non-hydrogen) atoms. The second kappa shape index (κ2) is 7.29. The second-order valence-electron chi connectivity index (χ2n) is 5.21. The van der Waals surface area contributed by atoms with E-state index in [1.54, 1.807) is 14.2 Å². The van der Waals surface area contributed by atoms with Crippen molar-refractivity contribution in [3.8, 4) is 11.5 Å². The Labute approximate surface area is 129 Å². The van der Waals surface area contributed by atoms with E-state index >= 15 is 0 Å². The van der Waals surface area contributed by atoms with Crippen molar-refractivity contribution in [2.45, 2.75) is 25.4 Å². The zero-order valence-electron chi connectivity index (χ0n) is 12.4. The van der Waals surface area contributed by atoms with Crippen LogP contribution in [0.2, 0.25) is 0 Å². The summed E-state index contributed by atoms with van der Waals surface area (Å²) in [7, 11) is 5.57. The van der Waals surface area contributed by atoms with E-state index in [1.807, 2.05) is 6.07 Å². The lowest BCUT2D eigenvalue weighted by Gasteiger charge is -2.32. The van der Waals surface area contributed by atoms with Crippen LogP contribution in [0.4, 0.5) is 0 Å². The van der Waals surface area contributed by atoms with Gasteiger partial charge in [0.05, 0.1) is 18.7 Å². The van der Waals surface area contributed by atoms with Crippen molar-refractivity contribution < 1.29 is 9.47 Å². The number of hydrogen-bond acceptors (Lipinski definition) is 4. The standard InChI is InChI=1S/C15H23BrN2O2/c1-18(12-5-4-6-17-9-12)10-11-7-15(20-3)13(16)8-14(11)19-2/h7-8,12,17H,4-6,9-10H2,1-3H3. The minimum atomic E-state index is 0.586. The highest BCUT2D eigenvalue weighted by Crippen LogP contribution is 2.33. The first-order valence-electron chi connectivity index (χ1n) is 6.97. The Bertz CT molecular complexity index is 448. The Morgan fingerprint density at radius 3 is 2.65 bits per heavy atom. The average Bonchev–Trinajstić information content (AvgIpc) is 2.49. The minimum absolute atomic E-state index is 0.586. The number of nitrogens with one attached hydrogen (secondary N) is 1. The minimum Gasteiger partial charge on any atom is -0.496 e. The molecule has 1 atom stereocenters. The Morgan fingerprint density at radius 2 is 2.05 bits per heavy atom. The van der Waals surface area contributed by atoms with Crippen molar-refractivity contribution in [2.75, 3.05) is 34.4 Å². The fraction of sp³-hybridized carbons (Fsp3) is 0.600. The molecule has 1 fully saturated rings. The summed E-state index contributed by atoms with van der Waals surface area (Å²) in [5.41, 5.74) is 1.15. The van der Waals surface area contributed by atoms with Gasteiger partial charge in [-0.25, -0.2) is 0 Å². The quantitative estimate of drug-likeness (QED) is 0.891. The first-order chi connectivity index (χ1) is 9.65. The monoisotopic (exact) mass is 342 g/mol. The van der Waals surface area contributed by atoms with E-state index in [9.17, 15) is 0 Å². The first-order valence-corrected chi connectivity index (χ1v) is 7.76. The number of likely N-dealkylation sites (N-methyl/N-ethyl adjacent to an activating group) is 1. The van der Waals surface area contributed by atoms with Crippen molar-refractivity contribution >= 4 is 15.9 Å². The van der Waals surface area contributed by atoms with Gasteiger partial charge in [-0.2, -0.15) is 0 Å². The fourth-order valence-corrected chi connectivity index (χ4v) is 3.14. The summed E-state index contributed by atoms with van der Waals surface area (Å²) in [5.74, 6) is 1.74. The van der Waals surface area contributed by atoms with Gasteiger partial charge in [-0.1, -0.05) is 0 Å². The number of hydrogen-bond donors (Lipinski definition) is 1. The highest BCUT2D eigenvalue weighted by Gasteiger charge is 2.19. The Morgan fingerprint density at radius 1 is 1.30 bits per heavy atom. The number of piperidine rings is 1. The maximum Gasteiger partial charge on any atom is 0.133 e. The highest BCUT2D eigenvalue weighted by atomic mass is 79.9. The van der Waals surface area contributed by atoms with Gasteiger partial charge in [0, 0.05) is 24.7 Å². The van der Waals surface area contributed by atoms with Crippen molar-refractivity contribution in [1.82, 2.24) is 10.2 Å². The molecule has 0 spiro atoms. The van der Waals surface area contributed by atoms with Crippen LogP contribution in [0.15, 0.2) is 16.6 Å². The van der Waals surface area contributed by atoms with Crippen molar-refractivity contribution in [2.24, 2.45) is 0 Å². The summed E-state index contributed by atoms with van der Waals surface area (Å²) in [6.07, 6.45) is 2.50. The molecule has 5 heteroatoms. The van der Waals surface area contributed by atoms with Crippen LogP contribution in [-0.4, -0.2) is 45.3 Å². The van der Waals surface area contributed by atoms with Crippen LogP contribution < -0.4 is 14.8 Å². The maximum absolute atomic E-state index is 5.49. The van der Waals surface area contributed by atoms with Crippen LogP contribution in [0.3, 0.4) is 0 Å². The molecule has 1 saturated heterocycles. The first kappa shape index (κ1) is 15.6. The van der Waals surface area contributed by atoms with E-state index in [0.717, 1.165) is 41.2 Å². The van der Waals surface area contributed by atoms with Crippen LogP contribution >= 0.6 is 15.9 Å². The summed E-state index contributed by atoms with van der Waals surface area (Å²) < 4.78 is 11.8. The van der Waals surface area contributed by atoms with Gasteiger partial charge in [0.15, 0.2) is 0 Å². The predicted octanol–water partition coefficient (Wildman–Crippen LogP) is 2.65. The Balaban J connectivity index is 2.14. The van der Waals surface area contributed by atoms with Crippen LogP contribution in [0, 0.1) is 0 Å². The maximum atomic E-state index is 5.49. The van der Waals surface area contributed by atoms with E-state index < -0.39 is 0 Å². The van der Waals surface area contributed by atoms with Crippen LogP contribution in [0.1, 0.15) is 18.4 Å². The molecule has 1 unspecified atom stereocenters. The molecule has 1 aliphatic rings. The Hall–Kier alpha value is -0.780. The summed E-state index contributed by atoms with van der Waals surface area (Å²) in [5, 5.41) is 3.46. The third-order valence-electron chi connectivity index (χ3n) is 3.87. The molecule has 1 aliphatic heterocycles. The molecule has 1 heterocycles. The molecule has 0 radical (unpaired) electrons. The van der Waals surface area contributed by atoms with Gasteiger partial charge in [0.25, 0.3) is 0 Å². The van der Waals surface area contributed by atoms with Gasteiger partial charge in [-0.05, 0) is 54.5 Å². The van der Waals surface area contributed by atoms with Crippen LogP contribution in [0.5, 0.6) is 11.5 Å². The fourth-order valence-electron chi connectivity index (χ4n) is 2.65. The second-order valence-corrected chi connectivity index (χ2v) is 6.07. The van der Waals surface area contributed by atoms with E-state index in [2.05, 4.69) is 39.3 Å². The third kappa shape index (κ3) is 3.65. The molecule has 0 saturated carbocycles. The smallest absolute Gasteiger partial charge is 0.133 e. The van der Waals surface area contributed by atoms with Gasteiger partial charge < -0.3 is 14.8 Å². The number of halogens is 1. The molecule has 1 aromatic rings. The molecule has 2 rings (SSSR count). The van der Waals surface area contributed by atoms with E-state index in [1.165, 1.54) is 12.8 Å². The normalized spacial score (nSPS) is 19.1. The van der Waals surface area contributed by atoms with E-state index in [0.29, 0.717) is 6.04 Å². The van der Waals surface area contributed by atoms with Crippen LogP contribution in [0.25, 0.3) is 0 Å². The SMILES string of the molecule is COc1cc(CN(C)C2CCCNC2)c(OC)cc1Br. The summed E-state index contributed by atoms with van der Waals surface area (Å²) in [6, 6.07) is 4.61. The highest BCUT2D eigenvalue weighted by molar-refractivity contribution is 9.10. The number of rotatable bonds is 5. The molecule has 1 N–H and O–H groups in total. The number of benzene rings is 1. The lowest BCUT2D eigenvalue weighted by Crippen LogP contribution is -2.43. The predicted molar refractivity (Wildman–Crippen MR) is 84.6 cm³/mol. The van der Waals surface area contributed by atoms with E-state index in [-0.39, 0.29) is 0 Å². The van der Waals surface area contributed by atoms with Crippen LogP contribution in [-0.2, 0) is 6.54 Å². The zero-order chi connectivity index (χ0) is 14.5. The molecule has 0 aromatic heterocycles. The van der Waals surface area contributed by atoms with Gasteiger partial charge in [0.1, 0.15) is 11.5 Å². The Kier molecular flexibility index (Phi) is 5.69. The summed E-state index contributed by atoms with van der Waals surface area (Å²) in [4.78, 5) is 2.39. The third-order valence-corrected chi connectivity index (χ3v) is 4.49. The van der Waals surface area contributed by atoms with Gasteiger partial charge in [0.2, 0.25) is 0 Å². The van der Waals surface area contributed by atoms with Gasteiger partial charge >= 0.3 is 0 Å². The number of ether oxygens (including phenoxy) is 2. The lowest BCUT2D eigenvalue weighted by atomic mass is 10.1. The average molecular weight is 343 g/mol. The van der Waals surface area contributed by atoms with Crippen molar-refractivity contribution in [3.05, 3.63) is 22.2 Å². The molecule has 4 nitrogen and oxygen atoms in total. The molecule has 0 bridgehead atoms. The summed E-state index contributed by atoms with van der Waals surface area (Å²) in [6.45, 7) is 3.06. The van der Waals surface area contributed by atoms with Gasteiger partial charge in [-0.3, -0.25) is 4.90 Å². The summed E-state index contributed by atoms with van der Waals surface area (Å²) >= 11 is 3.50. The number of methoxy groups -OCH3 is 2. The molecule has 0 aliphatic carbocycles.